The van der Waals surface area contributed by atoms with E-state index >= 15 is 0 Å². The van der Waals surface area contributed by atoms with Crippen LogP contribution in [0, 0.1) is 5.82 Å². The van der Waals surface area contributed by atoms with E-state index in [0.29, 0.717) is 5.69 Å². The highest BCUT2D eigenvalue weighted by molar-refractivity contribution is 7.89. The van der Waals surface area contributed by atoms with Crippen molar-refractivity contribution in [2.75, 3.05) is 31.6 Å². The Labute approximate surface area is 165 Å². The molecule has 2 aromatic carbocycles. The molecule has 0 spiro atoms. The minimum atomic E-state index is -3.91. The third-order valence-corrected chi connectivity index (χ3v) is 6.63. The summed E-state index contributed by atoms with van der Waals surface area (Å²) >= 11 is 12.2. The number of rotatable bonds is 4. The Morgan fingerprint density at radius 2 is 1.70 bits per heavy atom. The van der Waals surface area contributed by atoms with Crippen LogP contribution in [-0.4, -0.2) is 44.9 Å². The molecule has 1 saturated heterocycles. The Balaban J connectivity index is 1.93. The van der Waals surface area contributed by atoms with Crippen LogP contribution in [0.2, 0.25) is 10.0 Å². The van der Waals surface area contributed by atoms with E-state index < -0.39 is 21.7 Å². The topological polar surface area (TPSA) is 75.7 Å². The van der Waals surface area contributed by atoms with Crippen molar-refractivity contribution >= 4 is 44.8 Å². The predicted octanol–water partition coefficient (Wildman–Crippen LogP) is 3.41. The first-order valence-corrected chi connectivity index (χ1v) is 10.1. The van der Waals surface area contributed by atoms with E-state index in [1.165, 1.54) is 34.6 Å². The Hall–Kier alpha value is -1.71. The van der Waals surface area contributed by atoms with Gasteiger partial charge in [-0.3, -0.25) is 4.79 Å². The van der Waals surface area contributed by atoms with Crippen LogP contribution in [0.15, 0.2) is 41.3 Å². The number of amides is 1. The summed E-state index contributed by atoms with van der Waals surface area (Å²) in [5.74, 6) is -1.09. The van der Waals surface area contributed by atoms with E-state index in [4.69, 9.17) is 27.9 Å². The van der Waals surface area contributed by atoms with Gasteiger partial charge in [0.2, 0.25) is 10.0 Å². The van der Waals surface area contributed by atoms with Gasteiger partial charge < -0.3 is 10.1 Å². The Kier molecular flexibility index (Phi) is 6.02. The van der Waals surface area contributed by atoms with E-state index in [0.717, 1.165) is 6.07 Å². The maximum Gasteiger partial charge on any atom is 0.257 e. The van der Waals surface area contributed by atoms with E-state index in [1.54, 1.807) is 0 Å². The lowest BCUT2D eigenvalue weighted by Crippen LogP contribution is -2.40. The SMILES string of the molecule is O=C(Nc1ccc(F)cc1)c1cc(S(=O)(=O)N2CCOCC2)c(Cl)cc1Cl. The summed E-state index contributed by atoms with van der Waals surface area (Å²) in [5.41, 5.74) is 0.280. The van der Waals surface area contributed by atoms with Gasteiger partial charge in [-0.2, -0.15) is 4.31 Å². The average molecular weight is 433 g/mol. The summed E-state index contributed by atoms with van der Waals surface area (Å²) < 4.78 is 45.1. The van der Waals surface area contributed by atoms with E-state index in [2.05, 4.69) is 5.32 Å². The summed E-state index contributed by atoms with van der Waals surface area (Å²) in [6.45, 7) is 0.946. The highest BCUT2D eigenvalue weighted by Crippen LogP contribution is 2.31. The van der Waals surface area contributed by atoms with Gasteiger partial charge >= 0.3 is 0 Å². The first-order chi connectivity index (χ1) is 12.8. The fourth-order valence-electron chi connectivity index (χ4n) is 2.56. The third kappa shape index (κ3) is 4.41. The van der Waals surface area contributed by atoms with E-state index in [1.807, 2.05) is 0 Å². The van der Waals surface area contributed by atoms with Crippen molar-refractivity contribution < 1.29 is 22.3 Å². The van der Waals surface area contributed by atoms with Crippen molar-refractivity contribution in [2.45, 2.75) is 4.90 Å². The van der Waals surface area contributed by atoms with Crippen molar-refractivity contribution in [3.05, 3.63) is 57.8 Å². The number of nitrogens with zero attached hydrogens (tertiary/aromatic N) is 1. The lowest BCUT2D eigenvalue weighted by Gasteiger charge is -2.26. The van der Waals surface area contributed by atoms with Gasteiger partial charge in [-0.15, -0.1) is 0 Å². The Morgan fingerprint density at radius 1 is 1.07 bits per heavy atom. The average Bonchev–Trinajstić information content (AvgIpc) is 2.64. The number of sulfonamides is 1. The Bertz CT molecular complexity index is 962. The van der Waals surface area contributed by atoms with Crippen molar-refractivity contribution in [3.63, 3.8) is 0 Å². The summed E-state index contributed by atoms with van der Waals surface area (Å²) in [4.78, 5) is 12.3. The smallest absolute Gasteiger partial charge is 0.257 e. The lowest BCUT2D eigenvalue weighted by atomic mass is 10.2. The van der Waals surface area contributed by atoms with Crippen LogP contribution in [-0.2, 0) is 14.8 Å². The molecule has 0 bridgehead atoms. The zero-order valence-electron chi connectivity index (χ0n) is 13.9. The molecule has 1 aliphatic heterocycles. The summed E-state index contributed by atoms with van der Waals surface area (Å²) in [5, 5.41) is 2.46. The number of morpholine rings is 1. The zero-order chi connectivity index (χ0) is 19.6. The van der Waals surface area contributed by atoms with Crippen LogP contribution in [0.3, 0.4) is 0 Å². The van der Waals surface area contributed by atoms with Gasteiger partial charge in [-0.25, -0.2) is 12.8 Å². The van der Waals surface area contributed by atoms with Crippen LogP contribution < -0.4 is 5.32 Å². The maximum atomic E-state index is 13.0. The zero-order valence-corrected chi connectivity index (χ0v) is 16.2. The van der Waals surface area contributed by atoms with Gasteiger partial charge in [0.05, 0.1) is 28.8 Å². The fraction of sp³-hybridized carbons (Fsp3) is 0.235. The molecule has 0 aliphatic carbocycles. The molecule has 0 saturated carbocycles. The molecular weight excluding hydrogens is 418 g/mol. The first kappa shape index (κ1) is 20.0. The molecule has 2 aromatic rings. The molecule has 27 heavy (non-hydrogen) atoms. The molecule has 1 N–H and O–H groups in total. The first-order valence-electron chi connectivity index (χ1n) is 7.93. The number of carbonyl (C=O) groups excluding carboxylic acids is 1. The van der Waals surface area contributed by atoms with Crippen LogP contribution in [0.25, 0.3) is 0 Å². The molecular formula is C17H15Cl2FN2O4S. The monoisotopic (exact) mass is 432 g/mol. The normalized spacial score (nSPS) is 15.5. The van der Waals surface area contributed by atoms with Gasteiger partial charge in [0.15, 0.2) is 0 Å². The van der Waals surface area contributed by atoms with Crippen molar-refractivity contribution in [3.8, 4) is 0 Å². The molecule has 1 aliphatic rings. The molecule has 0 atom stereocenters. The Morgan fingerprint density at radius 3 is 2.33 bits per heavy atom. The van der Waals surface area contributed by atoms with E-state index in [-0.39, 0.29) is 46.8 Å². The van der Waals surface area contributed by atoms with Crippen LogP contribution in [0.1, 0.15) is 10.4 Å². The van der Waals surface area contributed by atoms with E-state index in [9.17, 15) is 17.6 Å². The fourth-order valence-corrected chi connectivity index (χ4v) is 4.80. The second kappa shape index (κ2) is 8.12. The maximum absolute atomic E-state index is 13.0. The largest absolute Gasteiger partial charge is 0.379 e. The van der Waals surface area contributed by atoms with Crippen molar-refractivity contribution in [1.82, 2.24) is 4.31 Å². The number of anilines is 1. The molecule has 0 aromatic heterocycles. The molecule has 0 unspecified atom stereocenters. The summed E-state index contributed by atoms with van der Waals surface area (Å²) in [6.07, 6.45) is 0. The molecule has 6 nitrogen and oxygen atoms in total. The van der Waals surface area contributed by atoms with Crippen LogP contribution in [0.5, 0.6) is 0 Å². The lowest BCUT2D eigenvalue weighted by molar-refractivity contribution is 0.0730. The highest BCUT2D eigenvalue weighted by atomic mass is 35.5. The molecule has 3 rings (SSSR count). The van der Waals surface area contributed by atoms with Crippen LogP contribution in [0.4, 0.5) is 10.1 Å². The molecule has 10 heteroatoms. The summed E-state index contributed by atoms with van der Waals surface area (Å²) in [7, 11) is -3.91. The molecule has 0 radical (unpaired) electrons. The van der Waals surface area contributed by atoms with Gasteiger partial charge in [-0.05, 0) is 36.4 Å². The number of halogens is 3. The minimum Gasteiger partial charge on any atom is -0.379 e. The van der Waals surface area contributed by atoms with Gasteiger partial charge in [-0.1, -0.05) is 23.2 Å². The number of ether oxygens (including phenoxy) is 1. The standard InChI is InChI=1S/C17H15Cl2FN2O4S/c18-14-10-15(19)16(27(24,25)22-5-7-26-8-6-22)9-13(14)17(23)21-12-3-1-11(20)2-4-12/h1-4,9-10H,5-8H2,(H,21,23). The van der Waals surface area contributed by atoms with Crippen molar-refractivity contribution in [1.29, 1.82) is 0 Å². The second-order valence-corrected chi connectivity index (χ2v) is 8.46. The van der Waals surface area contributed by atoms with Crippen LogP contribution >= 0.6 is 23.2 Å². The number of benzene rings is 2. The number of carbonyl (C=O) groups is 1. The molecule has 1 fully saturated rings. The predicted molar refractivity (Wildman–Crippen MR) is 100 cm³/mol. The second-order valence-electron chi connectivity index (χ2n) is 5.74. The van der Waals surface area contributed by atoms with Gasteiger partial charge in [0, 0.05) is 18.8 Å². The molecule has 1 amide bonds. The van der Waals surface area contributed by atoms with Crippen molar-refractivity contribution in [2.24, 2.45) is 0 Å². The number of hydrogen-bond donors (Lipinski definition) is 1. The molecule has 1 heterocycles. The summed E-state index contributed by atoms with van der Waals surface area (Å²) in [6, 6.07) is 7.50. The highest BCUT2D eigenvalue weighted by Gasteiger charge is 2.30. The van der Waals surface area contributed by atoms with Gasteiger partial charge in [0.1, 0.15) is 10.7 Å². The van der Waals surface area contributed by atoms with Gasteiger partial charge in [0.25, 0.3) is 5.91 Å². The molecule has 144 valence electrons. The number of nitrogens with one attached hydrogen (secondary N) is 1. The quantitative estimate of drug-likeness (QED) is 0.802. The third-order valence-electron chi connectivity index (χ3n) is 3.96. The minimum absolute atomic E-state index is 0.000499. The number of hydrogen-bond acceptors (Lipinski definition) is 4.